The van der Waals surface area contributed by atoms with Crippen molar-refractivity contribution in [2.45, 2.75) is 12.7 Å². The average Bonchev–Trinajstić information content (AvgIpc) is 3.00. The molecular weight excluding hydrogens is 361 g/mol. The summed E-state index contributed by atoms with van der Waals surface area (Å²) in [6.07, 6.45) is -4.69. The predicted molar refractivity (Wildman–Crippen MR) is 93.2 cm³/mol. The molecule has 0 fully saturated rings. The maximum Gasteiger partial charge on any atom is 0.449 e. The molecule has 0 unspecified atom stereocenters. The van der Waals surface area contributed by atoms with Crippen molar-refractivity contribution < 1.29 is 22.8 Å². The van der Waals surface area contributed by atoms with E-state index in [1.807, 2.05) is 0 Å². The molecule has 1 aromatic heterocycles. The van der Waals surface area contributed by atoms with Gasteiger partial charge in [-0.3, -0.25) is 9.59 Å². The molecule has 0 radical (unpaired) electrons. The van der Waals surface area contributed by atoms with Gasteiger partial charge in [0, 0.05) is 18.3 Å². The first-order valence-electron chi connectivity index (χ1n) is 7.94. The van der Waals surface area contributed by atoms with Crippen molar-refractivity contribution in [1.29, 1.82) is 0 Å². The molecule has 0 atom stereocenters. The summed E-state index contributed by atoms with van der Waals surface area (Å²) < 4.78 is 40.6. The highest BCUT2D eigenvalue weighted by atomic mass is 19.4. The minimum absolute atomic E-state index is 0.160. The second-order valence-corrected chi connectivity index (χ2v) is 5.71. The van der Waals surface area contributed by atoms with E-state index < -0.39 is 24.5 Å². The highest BCUT2D eigenvalue weighted by Gasteiger charge is 2.37. The maximum absolute atomic E-state index is 13.3. The van der Waals surface area contributed by atoms with Gasteiger partial charge in [-0.25, -0.2) is 4.98 Å². The molecule has 0 aliphatic carbocycles. The summed E-state index contributed by atoms with van der Waals surface area (Å²) in [6.45, 7) is -0.549. The maximum atomic E-state index is 13.3. The number of carbonyl (C=O) groups excluding carboxylic acids is 2. The summed E-state index contributed by atoms with van der Waals surface area (Å²) in [5.41, 5.74) is 1.14. The number of imidazole rings is 1. The molecule has 2 N–H and O–H groups in total. The van der Waals surface area contributed by atoms with Gasteiger partial charge in [-0.1, -0.05) is 12.1 Å². The number of anilines is 1. The van der Waals surface area contributed by atoms with E-state index in [0.717, 1.165) is 4.57 Å². The van der Waals surface area contributed by atoms with Gasteiger partial charge in [0.2, 0.25) is 11.7 Å². The lowest BCUT2D eigenvalue weighted by Gasteiger charge is -2.12. The number of hydrogen-bond acceptors (Lipinski definition) is 3. The van der Waals surface area contributed by atoms with E-state index in [9.17, 15) is 22.8 Å². The second kappa shape index (κ2) is 7.10. The van der Waals surface area contributed by atoms with Gasteiger partial charge in [0.05, 0.1) is 11.0 Å². The number of benzene rings is 2. The number of hydrogen-bond donors (Lipinski definition) is 2. The van der Waals surface area contributed by atoms with Gasteiger partial charge in [0.25, 0.3) is 5.91 Å². The molecule has 0 saturated heterocycles. The highest BCUT2D eigenvalue weighted by molar-refractivity contribution is 5.95. The fraction of sp³-hybridized carbons (Fsp3) is 0.167. The first-order valence-corrected chi connectivity index (χ1v) is 7.94. The number of nitrogens with zero attached hydrogens (tertiary/aromatic N) is 2. The van der Waals surface area contributed by atoms with Gasteiger partial charge < -0.3 is 15.2 Å². The van der Waals surface area contributed by atoms with Crippen molar-refractivity contribution in [2.75, 3.05) is 12.4 Å². The Bertz CT molecular complexity index is 994. The third-order valence-electron chi connectivity index (χ3n) is 3.87. The molecule has 3 rings (SSSR count). The minimum Gasteiger partial charge on any atom is -0.355 e. The smallest absolute Gasteiger partial charge is 0.355 e. The van der Waals surface area contributed by atoms with Crippen molar-refractivity contribution in [1.82, 2.24) is 14.9 Å². The number of nitrogens with one attached hydrogen (secondary N) is 2. The fourth-order valence-corrected chi connectivity index (χ4v) is 2.65. The number of rotatable bonds is 4. The highest BCUT2D eigenvalue weighted by Crippen LogP contribution is 2.31. The first kappa shape index (κ1) is 18.4. The quantitative estimate of drug-likeness (QED) is 0.735. The van der Waals surface area contributed by atoms with E-state index in [1.165, 1.54) is 43.4 Å². The Morgan fingerprint density at radius 2 is 1.74 bits per heavy atom. The third-order valence-corrected chi connectivity index (χ3v) is 3.87. The lowest BCUT2D eigenvalue weighted by Crippen LogP contribution is -2.23. The third kappa shape index (κ3) is 3.91. The van der Waals surface area contributed by atoms with Crippen molar-refractivity contribution in [3.63, 3.8) is 0 Å². The number of para-hydroxylation sites is 2. The van der Waals surface area contributed by atoms with Crippen LogP contribution < -0.4 is 10.6 Å². The Labute approximate surface area is 152 Å². The van der Waals surface area contributed by atoms with Crippen LogP contribution in [0.25, 0.3) is 11.0 Å². The summed E-state index contributed by atoms with van der Waals surface area (Å²) in [7, 11) is 1.49. The Hall–Kier alpha value is -3.36. The van der Waals surface area contributed by atoms with E-state index in [4.69, 9.17) is 0 Å². The molecule has 2 amide bonds. The zero-order chi connectivity index (χ0) is 19.6. The summed E-state index contributed by atoms with van der Waals surface area (Å²) in [5.74, 6) is -2.06. The van der Waals surface area contributed by atoms with Crippen LogP contribution in [-0.2, 0) is 17.5 Å². The van der Waals surface area contributed by atoms with Crippen LogP contribution in [0.15, 0.2) is 48.5 Å². The van der Waals surface area contributed by atoms with Gasteiger partial charge in [0.15, 0.2) is 0 Å². The van der Waals surface area contributed by atoms with Crippen LogP contribution in [-0.4, -0.2) is 28.4 Å². The van der Waals surface area contributed by atoms with Crippen LogP contribution >= 0.6 is 0 Å². The van der Waals surface area contributed by atoms with Gasteiger partial charge in [-0.05, 0) is 36.4 Å². The molecule has 1 heterocycles. The van der Waals surface area contributed by atoms with Gasteiger partial charge >= 0.3 is 6.18 Å². The molecule has 0 spiro atoms. The monoisotopic (exact) mass is 376 g/mol. The number of alkyl halides is 3. The van der Waals surface area contributed by atoms with Crippen LogP contribution in [0.1, 0.15) is 16.2 Å². The van der Waals surface area contributed by atoms with E-state index >= 15 is 0 Å². The SMILES string of the molecule is CNC(=O)c1ccc(NC(=O)Cn2c(C(F)(F)F)nc3ccccc32)cc1. The predicted octanol–water partition coefficient (Wildman–Crippen LogP) is 3.05. The van der Waals surface area contributed by atoms with E-state index in [0.29, 0.717) is 11.3 Å². The lowest BCUT2D eigenvalue weighted by molar-refractivity contribution is -0.147. The molecule has 0 bridgehead atoms. The van der Waals surface area contributed by atoms with Gasteiger partial charge in [0.1, 0.15) is 6.54 Å². The number of carbonyl (C=O) groups is 2. The Morgan fingerprint density at radius 1 is 1.07 bits per heavy atom. The van der Waals surface area contributed by atoms with Crippen LogP contribution in [0.5, 0.6) is 0 Å². The summed E-state index contributed by atoms with van der Waals surface area (Å²) in [4.78, 5) is 27.4. The lowest BCUT2D eigenvalue weighted by atomic mass is 10.2. The molecular formula is C18H15F3N4O2. The molecule has 6 nitrogen and oxygen atoms in total. The number of amides is 2. The molecule has 3 aromatic rings. The Balaban J connectivity index is 1.83. The van der Waals surface area contributed by atoms with E-state index in [2.05, 4.69) is 15.6 Å². The normalized spacial score (nSPS) is 11.4. The first-order chi connectivity index (χ1) is 12.8. The number of fused-ring (bicyclic) bond motifs is 1. The average molecular weight is 376 g/mol. The molecule has 27 heavy (non-hydrogen) atoms. The second-order valence-electron chi connectivity index (χ2n) is 5.71. The van der Waals surface area contributed by atoms with Crippen molar-refractivity contribution in [3.8, 4) is 0 Å². The molecule has 140 valence electrons. The fourth-order valence-electron chi connectivity index (χ4n) is 2.65. The molecule has 0 aliphatic rings. The number of halogens is 3. The summed E-state index contributed by atoms with van der Waals surface area (Å²) in [6, 6.07) is 12.1. The molecule has 0 saturated carbocycles. The van der Waals surface area contributed by atoms with Crippen LogP contribution in [0, 0.1) is 0 Å². The van der Waals surface area contributed by atoms with Crippen LogP contribution in [0.2, 0.25) is 0 Å². The number of aromatic nitrogens is 2. The standard InChI is InChI=1S/C18H15F3N4O2/c1-22-16(27)11-6-8-12(9-7-11)23-15(26)10-25-14-5-3-2-4-13(14)24-17(25)18(19,20)21/h2-9H,10H2,1H3,(H,22,27)(H,23,26). The molecule has 9 heteroatoms. The van der Waals surface area contributed by atoms with Crippen molar-refractivity contribution >= 4 is 28.5 Å². The molecule has 2 aromatic carbocycles. The van der Waals surface area contributed by atoms with E-state index in [1.54, 1.807) is 12.1 Å². The molecule has 0 aliphatic heterocycles. The summed E-state index contributed by atoms with van der Waals surface area (Å²) >= 11 is 0. The van der Waals surface area contributed by atoms with E-state index in [-0.39, 0.29) is 16.9 Å². The van der Waals surface area contributed by atoms with Crippen LogP contribution in [0.4, 0.5) is 18.9 Å². The van der Waals surface area contributed by atoms with Gasteiger partial charge in [-0.15, -0.1) is 0 Å². The summed E-state index contributed by atoms with van der Waals surface area (Å²) in [5, 5.41) is 4.99. The zero-order valence-corrected chi connectivity index (χ0v) is 14.2. The van der Waals surface area contributed by atoms with Crippen molar-refractivity contribution in [3.05, 3.63) is 59.9 Å². The van der Waals surface area contributed by atoms with Crippen molar-refractivity contribution in [2.24, 2.45) is 0 Å². The Morgan fingerprint density at radius 3 is 2.37 bits per heavy atom. The zero-order valence-electron chi connectivity index (χ0n) is 14.2. The largest absolute Gasteiger partial charge is 0.449 e. The Kier molecular flexibility index (Phi) is 4.85. The topological polar surface area (TPSA) is 76.0 Å². The van der Waals surface area contributed by atoms with Crippen LogP contribution in [0.3, 0.4) is 0 Å². The minimum atomic E-state index is -4.69. The van der Waals surface area contributed by atoms with Gasteiger partial charge in [-0.2, -0.15) is 13.2 Å².